The van der Waals surface area contributed by atoms with E-state index >= 15 is 0 Å². The zero-order chi connectivity index (χ0) is 14.8. The normalized spacial score (nSPS) is 14.0. The van der Waals surface area contributed by atoms with E-state index in [4.69, 9.17) is 4.74 Å². The number of carbonyl (C=O) groups excluding carboxylic acids is 2. The van der Waals surface area contributed by atoms with Gasteiger partial charge in [-0.25, -0.2) is 9.78 Å². The summed E-state index contributed by atoms with van der Waals surface area (Å²) in [6.45, 7) is -0.269. The van der Waals surface area contributed by atoms with Crippen molar-refractivity contribution in [2.75, 3.05) is 6.61 Å². The first-order chi connectivity index (χ1) is 10.1. The topological polar surface area (TPSA) is 86.1 Å². The average Bonchev–Trinajstić information content (AvgIpc) is 2.97. The number of nitrogens with one attached hydrogen (secondary N) is 1. The molecule has 1 fully saturated rings. The van der Waals surface area contributed by atoms with E-state index < -0.39 is 5.97 Å². The zero-order valence-corrected chi connectivity index (χ0v) is 12.2. The third-order valence-corrected chi connectivity index (χ3v) is 3.83. The Bertz CT molecular complexity index is 675. The lowest BCUT2D eigenvalue weighted by molar-refractivity contribution is -0.124. The van der Waals surface area contributed by atoms with Crippen molar-refractivity contribution in [3.05, 3.63) is 23.5 Å². The van der Waals surface area contributed by atoms with Crippen LogP contribution in [0, 0.1) is 0 Å². The Morgan fingerprint density at radius 3 is 3.00 bits per heavy atom. The molecule has 0 bridgehead atoms. The van der Waals surface area contributed by atoms with Crippen molar-refractivity contribution in [1.29, 1.82) is 0 Å². The van der Waals surface area contributed by atoms with Crippen LogP contribution in [0.4, 0.5) is 0 Å². The number of carbonyl (C=O) groups is 2. The highest BCUT2D eigenvalue weighted by atomic mass is 32.1. The van der Waals surface area contributed by atoms with Crippen LogP contribution in [-0.4, -0.2) is 39.3 Å². The Balaban J connectivity index is 1.57. The Morgan fingerprint density at radius 1 is 1.52 bits per heavy atom. The number of hydrogen-bond donors (Lipinski definition) is 1. The summed E-state index contributed by atoms with van der Waals surface area (Å²) in [6, 6.07) is 0.257. The van der Waals surface area contributed by atoms with Crippen LogP contribution >= 0.6 is 11.3 Å². The Morgan fingerprint density at radius 2 is 2.33 bits per heavy atom. The van der Waals surface area contributed by atoms with E-state index in [-0.39, 0.29) is 24.2 Å². The first-order valence-corrected chi connectivity index (χ1v) is 7.41. The number of rotatable bonds is 5. The second-order valence-electron chi connectivity index (χ2n) is 4.86. The zero-order valence-electron chi connectivity index (χ0n) is 11.4. The first kappa shape index (κ1) is 13.7. The third kappa shape index (κ3) is 3.46. The molecular weight excluding hydrogens is 292 g/mol. The molecule has 1 amide bonds. The molecule has 0 atom stereocenters. The molecule has 0 saturated heterocycles. The van der Waals surface area contributed by atoms with Gasteiger partial charge in [-0.15, -0.1) is 11.3 Å². The van der Waals surface area contributed by atoms with Gasteiger partial charge in [0.15, 0.2) is 12.3 Å². The molecule has 2 heterocycles. The number of aryl methyl sites for hydroxylation is 1. The maximum absolute atomic E-state index is 11.8. The van der Waals surface area contributed by atoms with Gasteiger partial charge < -0.3 is 10.1 Å². The van der Waals surface area contributed by atoms with Gasteiger partial charge >= 0.3 is 5.97 Å². The highest BCUT2D eigenvalue weighted by Gasteiger charge is 2.24. The SMILES string of the molecule is Cn1cc(-c2nc(C(=O)OCC(=O)NC3CC3)cs2)cn1. The molecule has 0 aliphatic heterocycles. The van der Waals surface area contributed by atoms with Gasteiger partial charge in [-0.3, -0.25) is 9.48 Å². The molecule has 1 N–H and O–H groups in total. The summed E-state index contributed by atoms with van der Waals surface area (Å²) in [5.41, 5.74) is 1.05. The van der Waals surface area contributed by atoms with Crippen LogP contribution in [0.2, 0.25) is 0 Å². The molecule has 0 aromatic carbocycles. The highest BCUT2D eigenvalue weighted by Crippen LogP contribution is 2.23. The lowest BCUT2D eigenvalue weighted by Gasteiger charge is -2.03. The van der Waals surface area contributed by atoms with Gasteiger partial charge in [0.05, 0.1) is 6.20 Å². The van der Waals surface area contributed by atoms with Gasteiger partial charge in [-0.05, 0) is 12.8 Å². The molecule has 1 aliphatic carbocycles. The summed E-state index contributed by atoms with van der Waals surface area (Å²) >= 11 is 1.33. The summed E-state index contributed by atoms with van der Waals surface area (Å²) in [6.07, 6.45) is 5.49. The molecule has 0 spiro atoms. The van der Waals surface area contributed by atoms with E-state index in [9.17, 15) is 9.59 Å². The summed E-state index contributed by atoms with van der Waals surface area (Å²) in [4.78, 5) is 27.5. The molecule has 1 saturated carbocycles. The number of nitrogens with zero attached hydrogens (tertiary/aromatic N) is 3. The molecule has 21 heavy (non-hydrogen) atoms. The number of esters is 1. The predicted octanol–water partition coefficient (Wildman–Crippen LogP) is 0.979. The number of ether oxygens (including phenoxy) is 1. The van der Waals surface area contributed by atoms with E-state index in [1.54, 1.807) is 16.3 Å². The standard InChI is InChI=1S/C13H14N4O3S/c1-17-5-8(4-14-17)12-16-10(7-21-12)13(19)20-6-11(18)15-9-2-3-9/h4-5,7,9H,2-3,6H2,1H3,(H,15,18). The highest BCUT2D eigenvalue weighted by molar-refractivity contribution is 7.13. The van der Waals surface area contributed by atoms with Crippen molar-refractivity contribution in [3.63, 3.8) is 0 Å². The van der Waals surface area contributed by atoms with Gasteiger partial charge in [0.2, 0.25) is 0 Å². The number of amides is 1. The fraction of sp³-hybridized carbons (Fsp3) is 0.385. The lowest BCUT2D eigenvalue weighted by atomic mass is 10.4. The summed E-state index contributed by atoms with van der Waals surface area (Å²) in [5, 5.41) is 9.11. The van der Waals surface area contributed by atoms with E-state index in [0.717, 1.165) is 18.4 Å². The van der Waals surface area contributed by atoms with Gasteiger partial charge in [0, 0.05) is 30.2 Å². The van der Waals surface area contributed by atoms with Crippen molar-refractivity contribution < 1.29 is 14.3 Å². The van der Waals surface area contributed by atoms with Gasteiger partial charge in [0.25, 0.3) is 5.91 Å². The summed E-state index contributed by atoms with van der Waals surface area (Å²) < 4.78 is 6.61. The van der Waals surface area contributed by atoms with E-state index in [0.29, 0.717) is 5.01 Å². The second kappa shape index (κ2) is 5.65. The Hall–Kier alpha value is -2.22. The van der Waals surface area contributed by atoms with Crippen LogP contribution < -0.4 is 5.32 Å². The van der Waals surface area contributed by atoms with Gasteiger partial charge in [-0.1, -0.05) is 0 Å². The number of hydrogen-bond acceptors (Lipinski definition) is 6. The van der Waals surface area contributed by atoms with Crippen LogP contribution in [0.5, 0.6) is 0 Å². The molecule has 1 aliphatic rings. The molecule has 0 unspecified atom stereocenters. The van der Waals surface area contributed by atoms with Crippen molar-refractivity contribution in [1.82, 2.24) is 20.1 Å². The maximum atomic E-state index is 11.8. The quantitative estimate of drug-likeness (QED) is 0.832. The largest absolute Gasteiger partial charge is 0.451 e. The molecule has 110 valence electrons. The molecule has 3 rings (SSSR count). The number of thiazole rings is 1. The van der Waals surface area contributed by atoms with Crippen LogP contribution in [0.25, 0.3) is 10.6 Å². The van der Waals surface area contributed by atoms with Crippen LogP contribution in [0.1, 0.15) is 23.3 Å². The minimum atomic E-state index is -0.590. The monoisotopic (exact) mass is 306 g/mol. The Labute approximate surface area is 124 Å². The van der Waals surface area contributed by atoms with E-state index in [2.05, 4.69) is 15.4 Å². The average molecular weight is 306 g/mol. The van der Waals surface area contributed by atoms with Gasteiger partial charge in [0.1, 0.15) is 5.01 Å². The molecule has 0 radical (unpaired) electrons. The molecule has 7 nitrogen and oxygen atoms in total. The molecule has 2 aromatic heterocycles. The van der Waals surface area contributed by atoms with E-state index in [1.807, 2.05) is 13.2 Å². The Kier molecular flexibility index (Phi) is 3.70. The molecular formula is C13H14N4O3S. The summed E-state index contributed by atoms with van der Waals surface area (Å²) in [5.74, 6) is -0.860. The fourth-order valence-corrected chi connectivity index (χ4v) is 2.50. The third-order valence-electron chi connectivity index (χ3n) is 2.94. The predicted molar refractivity (Wildman–Crippen MR) is 75.8 cm³/mol. The smallest absolute Gasteiger partial charge is 0.358 e. The second-order valence-corrected chi connectivity index (χ2v) is 5.72. The number of aromatic nitrogens is 3. The van der Waals surface area contributed by atoms with Crippen LogP contribution in [0.15, 0.2) is 17.8 Å². The van der Waals surface area contributed by atoms with Crippen LogP contribution in [0.3, 0.4) is 0 Å². The maximum Gasteiger partial charge on any atom is 0.358 e. The van der Waals surface area contributed by atoms with Gasteiger partial charge in [-0.2, -0.15) is 5.10 Å². The fourth-order valence-electron chi connectivity index (χ4n) is 1.73. The van der Waals surface area contributed by atoms with Crippen molar-refractivity contribution in [3.8, 4) is 10.6 Å². The first-order valence-electron chi connectivity index (χ1n) is 6.53. The van der Waals surface area contributed by atoms with E-state index in [1.165, 1.54) is 11.3 Å². The summed E-state index contributed by atoms with van der Waals surface area (Å²) in [7, 11) is 1.81. The molecule has 2 aromatic rings. The van der Waals surface area contributed by atoms with Crippen LogP contribution in [-0.2, 0) is 16.6 Å². The molecule has 8 heteroatoms. The van der Waals surface area contributed by atoms with Crippen molar-refractivity contribution in [2.45, 2.75) is 18.9 Å². The van der Waals surface area contributed by atoms with Crippen molar-refractivity contribution in [2.24, 2.45) is 7.05 Å². The minimum absolute atomic E-state index is 0.207. The minimum Gasteiger partial charge on any atom is -0.451 e. The van der Waals surface area contributed by atoms with Crippen molar-refractivity contribution >= 4 is 23.2 Å². The lowest BCUT2D eigenvalue weighted by Crippen LogP contribution is -2.30.